The molecule has 44 heavy (non-hydrogen) atoms. The van der Waals surface area contributed by atoms with Crippen molar-refractivity contribution < 1.29 is 4.42 Å². The molecule has 2 heteroatoms. The van der Waals surface area contributed by atoms with Gasteiger partial charge in [-0.25, -0.2) is 0 Å². The van der Waals surface area contributed by atoms with Crippen molar-refractivity contribution in [1.82, 2.24) is 0 Å². The molecule has 0 saturated carbocycles. The minimum absolute atomic E-state index is 0.879. The van der Waals surface area contributed by atoms with Gasteiger partial charge in [-0.15, -0.1) is 0 Å². The Balaban J connectivity index is 1.38. The van der Waals surface area contributed by atoms with Crippen molar-refractivity contribution in [2.75, 3.05) is 4.90 Å². The van der Waals surface area contributed by atoms with E-state index in [1.807, 2.05) is 12.1 Å². The number of anilines is 3. The third-order valence-corrected chi connectivity index (χ3v) is 8.83. The number of hydrogen-bond acceptors (Lipinski definition) is 2. The Morgan fingerprint density at radius 3 is 1.80 bits per heavy atom. The van der Waals surface area contributed by atoms with Crippen LogP contribution in [0.15, 0.2) is 168 Å². The maximum atomic E-state index is 6.41. The summed E-state index contributed by atoms with van der Waals surface area (Å²) < 4.78 is 6.41. The van der Waals surface area contributed by atoms with Crippen LogP contribution in [0.2, 0.25) is 0 Å². The van der Waals surface area contributed by atoms with Gasteiger partial charge in [0.2, 0.25) is 0 Å². The first-order valence-corrected chi connectivity index (χ1v) is 15.0. The van der Waals surface area contributed by atoms with E-state index in [1.165, 1.54) is 43.4 Å². The summed E-state index contributed by atoms with van der Waals surface area (Å²) in [5.74, 6) is 0. The van der Waals surface area contributed by atoms with Crippen molar-refractivity contribution in [3.63, 3.8) is 0 Å². The third kappa shape index (κ3) is 3.82. The maximum absolute atomic E-state index is 6.41. The molecule has 0 N–H and O–H groups in total. The molecule has 9 aromatic rings. The molecule has 0 spiro atoms. The van der Waals surface area contributed by atoms with E-state index in [0.717, 1.165) is 39.0 Å². The molecule has 0 saturated heterocycles. The molecule has 8 aromatic carbocycles. The predicted octanol–water partition coefficient (Wildman–Crippen LogP) is 12.2. The van der Waals surface area contributed by atoms with Gasteiger partial charge in [0.25, 0.3) is 0 Å². The van der Waals surface area contributed by atoms with Crippen LogP contribution in [0.3, 0.4) is 0 Å². The highest BCUT2D eigenvalue weighted by molar-refractivity contribution is 6.17. The summed E-state index contributed by atoms with van der Waals surface area (Å²) in [5, 5.41) is 9.57. The van der Waals surface area contributed by atoms with E-state index in [2.05, 4.69) is 157 Å². The van der Waals surface area contributed by atoms with Gasteiger partial charge in [-0.3, -0.25) is 0 Å². The fourth-order valence-electron chi connectivity index (χ4n) is 6.83. The number of hydrogen-bond donors (Lipinski definition) is 0. The Kier molecular flexibility index (Phi) is 5.54. The second-order valence-electron chi connectivity index (χ2n) is 11.3. The summed E-state index contributed by atoms with van der Waals surface area (Å²) in [6.07, 6.45) is 0. The van der Waals surface area contributed by atoms with Crippen molar-refractivity contribution in [2.24, 2.45) is 0 Å². The van der Waals surface area contributed by atoms with Crippen LogP contribution in [-0.2, 0) is 0 Å². The Labute approximate surface area is 255 Å². The summed E-state index contributed by atoms with van der Waals surface area (Å²) in [4.78, 5) is 2.42. The van der Waals surface area contributed by atoms with Crippen LogP contribution in [0, 0.1) is 0 Å². The van der Waals surface area contributed by atoms with Crippen LogP contribution in [0.25, 0.3) is 65.4 Å². The highest BCUT2D eigenvalue weighted by atomic mass is 16.3. The molecule has 0 atom stereocenters. The van der Waals surface area contributed by atoms with Gasteiger partial charge in [-0.05, 0) is 63.0 Å². The van der Waals surface area contributed by atoms with E-state index in [-0.39, 0.29) is 0 Å². The molecule has 0 amide bonds. The molecule has 2 nitrogen and oxygen atoms in total. The van der Waals surface area contributed by atoms with Crippen molar-refractivity contribution in [3.05, 3.63) is 164 Å². The van der Waals surface area contributed by atoms with E-state index < -0.39 is 0 Å². The first-order valence-electron chi connectivity index (χ1n) is 15.0. The summed E-state index contributed by atoms with van der Waals surface area (Å²) in [6.45, 7) is 0. The summed E-state index contributed by atoms with van der Waals surface area (Å²) >= 11 is 0. The van der Waals surface area contributed by atoms with Crippen LogP contribution in [0.5, 0.6) is 0 Å². The summed E-state index contributed by atoms with van der Waals surface area (Å²) in [7, 11) is 0. The van der Waals surface area contributed by atoms with Crippen LogP contribution in [0.1, 0.15) is 0 Å². The monoisotopic (exact) mass is 561 g/mol. The van der Waals surface area contributed by atoms with Crippen molar-refractivity contribution in [1.29, 1.82) is 0 Å². The lowest BCUT2D eigenvalue weighted by Crippen LogP contribution is -2.11. The molecule has 0 aliphatic rings. The Morgan fingerprint density at radius 2 is 0.977 bits per heavy atom. The van der Waals surface area contributed by atoms with Crippen LogP contribution in [-0.4, -0.2) is 0 Å². The minimum atomic E-state index is 0.879. The van der Waals surface area contributed by atoms with Gasteiger partial charge in [0.15, 0.2) is 0 Å². The highest BCUT2D eigenvalue weighted by Crippen LogP contribution is 2.46. The average molecular weight is 562 g/mol. The molecular weight excluding hydrogens is 534 g/mol. The second kappa shape index (κ2) is 9.86. The minimum Gasteiger partial charge on any atom is -0.456 e. The van der Waals surface area contributed by atoms with Gasteiger partial charge in [-0.2, -0.15) is 0 Å². The molecule has 0 radical (unpaired) electrons. The molecule has 1 aromatic heterocycles. The maximum Gasteiger partial charge on any atom is 0.137 e. The van der Waals surface area contributed by atoms with Crippen molar-refractivity contribution in [3.8, 4) is 11.1 Å². The van der Waals surface area contributed by atoms with Crippen LogP contribution < -0.4 is 4.90 Å². The lowest BCUT2D eigenvalue weighted by atomic mass is 9.95. The SMILES string of the molecule is c1ccc(-c2ccc(N(c3ccc4c(c3)oc3ccccc34)c3cc4ccccc4c4ccccc34)c3ccccc23)cc1. The zero-order valence-corrected chi connectivity index (χ0v) is 23.9. The number of rotatable bonds is 4. The highest BCUT2D eigenvalue weighted by Gasteiger charge is 2.21. The Morgan fingerprint density at radius 1 is 0.364 bits per heavy atom. The topological polar surface area (TPSA) is 16.4 Å². The molecule has 0 aliphatic carbocycles. The van der Waals surface area contributed by atoms with Crippen molar-refractivity contribution in [2.45, 2.75) is 0 Å². The Hall–Kier alpha value is -5.86. The van der Waals surface area contributed by atoms with Gasteiger partial charge in [0, 0.05) is 33.3 Å². The molecule has 0 unspecified atom stereocenters. The van der Waals surface area contributed by atoms with E-state index in [1.54, 1.807) is 0 Å². The third-order valence-electron chi connectivity index (χ3n) is 8.83. The number of benzene rings is 8. The predicted molar refractivity (Wildman–Crippen MR) is 186 cm³/mol. The van der Waals surface area contributed by atoms with E-state index in [0.29, 0.717) is 0 Å². The summed E-state index contributed by atoms with van der Waals surface area (Å²) in [6, 6.07) is 58.6. The summed E-state index contributed by atoms with van der Waals surface area (Å²) in [5.41, 5.74) is 7.52. The fraction of sp³-hybridized carbons (Fsp3) is 0. The quantitative estimate of drug-likeness (QED) is 0.199. The van der Waals surface area contributed by atoms with Crippen LogP contribution in [0.4, 0.5) is 17.1 Å². The average Bonchev–Trinajstić information content (AvgIpc) is 3.47. The van der Waals surface area contributed by atoms with Gasteiger partial charge in [0.1, 0.15) is 11.2 Å². The fourth-order valence-corrected chi connectivity index (χ4v) is 6.83. The van der Waals surface area contributed by atoms with E-state index in [4.69, 9.17) is 4.42 Å². The van der Waals surface area contributed by atoms with Gasteiger partial charge < -0.3 is 9.32 Å². The lowest BCUT2D eigenvalue weighted by molar-refractivity contribution is 0.669. The zero-order valence-electron chi connectivity index (χ0n) is 23.9. The molecule has 206 valence electrons. The molecule has 1 heterocycles. The van der Waals surface area contributed by atoms with Gasteiger partial charge in [0.05, 0.1) is 11.4 Å². The number of fused-ring (bicyclic) bond motifs is 7. The number of para-hydroxylation sites is 1. The normalized spacial score (nSPS) is 11.6. The van der Waals surface area contributed by atoms with Crippen LogP contribution >= 0.6 is 0 Å². The van der Waals surface area contributed by atoms with Gasteiger partial charge >= 0.3 is 0 Å². The standard InChI is InChI=1S/C42H27NO/c1-2-12-28(13-3-1)32-24-25-39(35-18-8-6-17-34(32)35)43(30-22-23-38-37-20-10-11-21-41(37)44-42(38)27-30)40-26-29-14-4-5-15-31(29)33-16-7-9-19-36(33)40/h1-27H. The molecule has 9 rings (SSSR count). The first kappa shape index (κ1) is 24.7. The second-order valence-corrected chi connectivity index (χ2v) is 11.3. The van der Waals surface area contributed by atoms with Gasteiger partial charge in [-0.1, -0.05) is 127 Å². The van der Waals surface area contributed by atoms with E-state index in [9.17, 15) is 0 Å². The smallest absolute Gasteiger partial charge is 0.137 e. The largest absolute Gasteiger partial charge is 0.456 e. The lowest BCUT2D eigenvalue weighted by Gasteiger charge is -2.29. The van der Waals surface area contributed by atoms with Crippen molar-refractivity contribution >= 4 is 71.3 Å². The van der Waals surface area contributed by atoms with E-state index >= 15 is 0 Å². The zero-order chi connectivity index (χ0) is 29.0. The molecule has 0 fully saturated rings. The first-order chi connectivity index (χ1) is 21.8. The molecule has 0 aliphatic heterocycles. The Bertz CT molecular complexity index is 2510. The molecular formula is C42H27NO. The number of nitrogens with zero attached hydrogens (tertiary/aromatic N) is 1. The number of furan rings is 1. The molecule has 0 bridgehead atoms.